The summed E-state index contributed by atoms with van der Waals surface area (Å²) in [5.41, 5.74) is 39.7. The highest BCUT2D eigenvalue weighted by Gasteiger charge is 2.25. The molecule has 139 heavy (non-hydrogen) atoms. The molecule has 22 aromatic carbocycles. The van der Waals surface area contributed by atoms with Gasteiger partial charge in [0.1, 0.15) is 0 Å². The predicted octanol–water partition coefficient (Wildman–Crippen LogP) is 38.0. The van der Waals surface area contributed by atoms with Gasteiger partial charge in [0.25, 0.3) is 0 Å². The van der Waals surface area contributed by atoms with Gasteiger partial charge in [-0.05, 0) is 262 Å². The number of benzene rings is 22. The highest BCUT2D eigenvalue weighted by Crippen LogP contribution is 2.48. The second kappa shape index (κ2) is 40.3. The molecule has 0 N–H and O–H groups in total. The van der Waals surface area contributed by atoms with Crippen molar-refractivity contribution >= 4 is 110 Å². The first-order valence-corrected chi connectivity index (χ1v) is 48.8. The minimum Gasteiger partial charge on any atom is -0.310 e. The first-order chi connectivity index (χ1) is 68.7. The smallest absolute Gasteiger partial charge is 0.0541 e. The molecule has 24 aromatic rings. The summed E-state index contributed by atoms with van der Waals surface area (Å²) in [5.74, 6) is 0. The molecule has 24 rings (SSSR count). The fourth-order valence-electron chi connectivity index (χ4n) is 19.2. The van der Waals surface area contributed by atoms with Crippen molar-refractivity contribution in [2.75, 3.05) is 9.80 Å². The van der Waals surface area contributed by atoms with E-state index in [1.54, 1.807) is 0 Å². The quantitative estimate of drug-likeness (QED) is 0.0756. The van der Waals surface area contributed by atoms with Gasteiger partial charge in [-0.25, -0.2) is 0 Å². The molecule has 0 aliphatic heterocycles. The first-order valence-electron chi connectivity index (χ1n) is 47.2. The molecule has 6 heteroatoms. The van der Waals surface area contributed by atoms with Gasteiger partial charge in [0.15, 0.2) is 0 Å². The average Bonchev–Trinajstić information content (AvgIpc) is 1.56. The Morgan fingerprint density at radius 2 is 0.317 bits per heavy atom. The molecule has 0 unspecified atom stereocenters. The molecular weight excluding hydrogens is 1810 g/mol. The van der Waals surface area contributed by atoms with E-state index in [0.29, 0.717) is 0 Å². The summed E-state index contributed by atoms with van der Waals surface area (Å²) in [6.07, 6.45) is 0.962. The van der Waals surface area contributed by atoms with Crippen molar-refractivity contribution in [2.24, 2.45) is 0 Å². The van der Waals surface area contributed by atoms with Crippen molar-refractivity contribution in [1.29, 1.82) is 0 Å². The average molecular weight is 1910 g/mol. The van der Waals surface area contributed by atoms with Crippen LogP contribution in [0.2, 0.25) is 0 Å². The summed E-state index contributed by atoms with van der Waals surface area (Å²) in [4.78, 5) is 4.83. The molecule has 0 radical (unpaired) electrons. The molecule has 0 atom stereocenters. The Hall–Kier alpha value is -17.0. The minimum absolute atomic E-state index is 0.962. The molecule has 660 valence electrons. The number of fused-ring (bicyclic) bond motifs is 6. The number of hydrogen-bond acceptors (Lipinski definition) is 2. The van der Waals surface area contributed by atoms with E-state index in [1.165, 1.54) is 133 Å². The van der Waals surface area contributed by atoms with Gasteiger partial charge in [0.2, 0.25) is 0 Å². The molecule has 0 saturated carbocycles. The van der Waals surface area contributed by atoms with Gasteiger partial charge < -0.3 is 18.9 Å². The van der Waals surface area contributed by atoms with Crippen LogP contribution in [-0.4, -0.2) is 9.13 Å². The Balaban J connectivity index is 0.000000155. The van der Waals surface area contributed by atoms with Crippen molar-refractivity contribution in [2.45, 2.75) is 6.42 Å². The maximum atomic E-state index is 3.67. The maximum absolute atomic E-state index is 3.67. The van der Waals surface area contributed by atoms with E-state index >= 15 is 0 Å². The predicted molar refractivity (Wildman–Crippen MR) is 596 cm³/mol. The lowest BCUT2D eigenvalue weighted by Gasteiger charge is -2.31. The van der Waals surface area contributed by atoms with Crippen LogP contribution in [0.5, 0.6) is 0 Å². The molecule has 0 saturated heterocycles. The topological polar surface area (TPSA) is 16.3 Å². The number of nitrogens with zero attached hydrogens (tertiary/aromatic N) is 4. The molecular formula is C133H94Br2N4. The van der Waals surface area contributed by atoms with Crippen molar-refractivity contribution in [3.05, 3.63) is 578 Å². The third-order valence-corrected chi connectivity index (χ3v) is 27.1. The summed E-state index contributed by atoms with van der Waals surface area (Å²) >= 11 is 7.34. The van der Waals surface area contributed by atoms with Crippen molar-refractivity contribution in [1.82, 2.24) is 9.13 Å². The SMILES string of the molecule is Brc1cc(Br)cc(-n2c3ccc(-c4ccccc4)cc3c3cc(-c4ccccc4)ccc32)c1.c1ccc(-c2ccc(Cc3ccc(-c4ccccc4)cc3)cc2)cc1.c1ccc(-c2ccc(N(c3ccc(-c4ccccc4)cc3)c3cc(N(c4ccc(-c5ccccc5)cc4)c4ccc(-c5ccccc5)cc4)cc(-n4c5ccc(-c6ccccc6)cc5c5cc(-c6ccccc6)ccc54)c3)cc2)cc1. The fourth-order valence-corrected chi connectivity index (χ4v) is 20.5. The van der Waals surface area contributed by atoms with Crippen molar-refractivity contribution < 1.29 is 0 Å². The van der Waals surface area contributed by atoms with Crippen LogP contribution >= 0.6 is 31.9 Å². The summed E-state index contributed by atoms with van der Waals surface area (Å²) in [6.45, 7) is 0. The standard InChI is InChI=1S/C78H55N3.C30H19Br2N.C25H20/c1-7-19-56(20-8-1)62-31-41-68(42-32-62)79(69-43-33-63(34-44-69)57-21-9-2-10-22-57)72-53-73(80(70-45-35-64(36-46-70)58-23-11-3-12-24-58)71-47-37-65(38-48-71)59-25-13-4-14-26-59)55-74(54-72)81-77-49-39-66(60-27-15-5-16-28-60)51-75(77)76-52-67(40-50-78(76)81)61-29-17-6-18-30-61;31-24-17-25(32)19-26(18-24)33-29-13-11-22(20-7-3-1-4-8-20)15-27(29)28-16-23(12-14-30(28)33)21-9-5-2-6-10-21;1-3-7-22(8-4-1)24-15-11-20(12-16-24)19-21-13-17-25(18-14-21)23-9-5-2-6-10-23/h1-55H;1-19H;1-18H,19H2. The molecule has 0 fully saturated rings. The molecule has 2 aromatic heterocycles. The summed E-state index contributed by atoms with van der Waals surface area (Å²) in [5, 5.41) is 4.87. The van der Waals surface area contributed by atoms with E-state index in [9.17, 15) is 0 Å². The number of aromatic nitrogens is 2. The highest BCUT2D eigenvalue weighted by atomic mass is 79.9. The van der Waals surface area contributed by atoms with Gasteiger partial charge in [-0.1, -0.05) is 457 Å². The van der Waals surface area contributed by atoms with E-state index in [0.717, 1.165) is 94.2 Å². The summed E-state index contributed by atoms with van der Waals surface area (Å²) in [6, 6.07) is 201. The zero-order chi connectivity index (χ0) is 93.2. The van der Waals surface area contributed by atoms with Crippen LogP contribution in [0.4, 0.5) is 34.1 Å². The van der Waals surface area contributed by atoms with Crippen LogP contribution in [0.25, 0.3) is 166 Å². The number of halogens is 2. The Kier molecular flexibility index (Phi) is 25.3. The van der Waals surface area contributed by atoms with E-state index in [2.05, 4.69) is 609 Å². The zero-order valence-electron chi connectivity index (χ0n) is 76.4. The van der Waals surface area contributed by atoms with Crippen LogP contribution in [0.1, 0.15) is 11.1 Å². The van der Waals surface area contributed by atoms with Gasteiger partial charge >= 0.3 is 0 Å². The minimum atomic E-state index is 0.962. The monoisotopic (exact) mass is 1900 g/mol. The van der Waals surface area contributed by atoms with E-state index in [4.69, 9.17) is 0 Å². The van der Waals surface area contributed by atoms with Gasteiger partial charge in [-0.2, -0.15) is 0 Å². The van der Waals surface area contributed by atoms with Crippen LogP contribution < -0.4 is 9.80 Å². The van der Waals surface area contributed by atoms with E-state index < -0.39 is 0 Å². The summed E-state index contributed by atoms with van der Waals surface area (Å²) < 4.78 is 6.92. The maximum Gasteiger partial charge on any atom is 0.0541 e. The molecule has 0 spiro atoms. The molecule has 0 bridgehead atoms. The van der Waals surface area contributed by atoms with E-state index in [1.807, 2.05) is 0 Å². The molecule has 0 amide bonds. The molecule has 0 aliphatic rings. The Morgan fingerprint density at radius 1 is 0.144 bits per heavy atom. The van der Waals surface area contributed by atoms with Gasteiger partial charge in [0, 0.05) is 58.9 Å². The largest absolute Gasteiger partial charge is 0.310 e. The Labute approximate surface area is 829 Å². The lowest BCUT2D eigenvalue weighted by Crippen LogP contribution is -2.14. The van der Waals surface area contributed by atoms with Crippen molar-refractivity contribution in [3.8, 4) is 123 Å². The normalized spacial score (nSPS) is 11.1. The van der Waals surface area contributed by atoms with Gasteiger partial charge in [-0.3, -0.25) is 0 Å². The zero-order valence-corrected chi connectivity index (χ0v) is 79.5. The number of anilines is 6. The molecule has 4 nitrogen and oxygen atoms in total. The first kappa shape index (κ1) is 87.3. The van der Waals surface area contributed by atoms with Crippen LogP contribution in [0.15, 0.2) is 567 Å². The third kappa shape index (κ3) is 19.2. The number of hydrogen-bond donors (Lipinski definition) is 0. The Bertz CT molecular complexity index is 7690. The van der Waals surface area contributed by atoms with Crippen LogP contribution in [0, 0.1) is 0 Å². The fraction of sp³-hybridized carbons (Fsp3) is 0.00752. The third-order valence-electron chi connectivity index (χ3n) is 26.2. The van der Waals surface area contributed by atoms with Crippen LogP contribution in [0.3, 0.4) is 0 Å². The lowest BCUT2D eigenvalue weighted by molar-refractivity contribution is 1.16. The van der Waals surface area contributed by atoms with Crippen molar-refractivity contribution in [3.63, 3.8) is 0 Å². The van der Waals surface area contributed by atoms with Crippen LogP contribution in [-0.2, 0) is 6.42 Å². The molecule has 2 heterocycles. The number of rotatable bonds is 20. The Morgan fingerprint density at radius 3 is 0.525 bits per heavy atom. The second-order valence-corrected chi connectivity index (χ2v) is 36.9. The molecule has 0 aliphatic carbocycles. The van der Waals surface area contributed by atoms with Gasteiger partial charge in [-0.15, -0.1) is 0 Å². The van der Waals surface area contributed by atoms with Gasteiger partial charge in [0.05, 0.1) is 39.1 Å². The summed E-state index contributed by atoms with van der Waals surface area (Å²) in [7, 11) is 0. The second-order valence-electron chi connectivity index (χ2n) is 35.0. The van der Waals surface area contributed by atoms with E-state index in [-0.39, 0.29) is 0 Å². The highest BCUT2D eigenvalue weighted by molar-refractivity contribution is 9.11. The lowest BCUT2D eigenvalue weighted by atomic mass is 9.98.